The number of ether oxygens (including phenoxy) is 2. The van der Waals surface area contributed by atoms with Crippen LogP contribution in [0.15, 0.2) is 42.1 Å². The molecule has 0 bridgehead atoms. The second-order valence-corrected chi connectivity index (χ2v) is 6.43. The van der Waals surface area contributed by atoms with E-state index in [0.29, 0.717) is 4.90 Å². The fourth-order valence-corrected chi connectivity index (χ4v) is 2.99. The number of anilines is 1. The van der Waals surface area contributed by atoms with Crippen LogP contribution in [0.2, 0.25) is 0 Å². The molecule has 1 saturated heterocycles. The molecular formula is C19H13FN4O7. The van der Waals surface area contributed by atoms with E-state index in [1.54, 1.807) is 0 Å². The van der Waals surface area contributed by atoms with Gasteiger partial charge in [0.25, 0.3) is 11.6 Å². The minimum Gasteiger partial charge on any atom is -0.454 e. The summed E-state index contributed by atoms with van der Waals surface area (Å²) >= 11 is 0. The number of fused-ring (bicyclic) bond motifs is 1. The zero-order valence-electron chi connectivity index (χ0n) is 15.6. The molecule has 2 aliphatic rings. The molecule has 4 rings (SSSR count). The maximum Gasteiger partial charge on any atom is 0.329 e. The summed E-state index contributed by atoms with van der Waals surface area (Å²) in [4.78, 5) is 48.2. The Hall–Kier alpha value is -4.48. The molecule has 2 N–H and O–H groups in total. The molecule has 2 aromatic rings. The Morgan fingerprint density at radius 2 is 1.97 bits per heavy atom. The van der Waals surface area contributed by atoms with Crippen LogP contribution >= 0.6 is 0 Å². The average molecular weight is 428 g/mol. The normalized spacial score (nSPS) is 15.9. The highest BCUT2D eigenvalue weighted by Crippen LogP contribution is 2.38. The first-order chi connectivity index (χ1) is 14.8. The molecule has 11 nitrogen and oxygen atoms in total. The number of nitrogens with one attached hydrogen (secondary N) is 2. The van der Waals surface area contributed by atoms with Crippen LogP contribution < -0.4 is 20.1 Å². The van der Waals surface area contributed by atoms with Gasteiger partial charge in [0, 0.05) is 0 Å². The number of nitro benzene ring substituents is 1. The molecule has 0 atom stereocenters. The van der Waals surface area contributed by atoms with Crippen LogP contribution in [0.25, 0.3) is 6.08 Å². The van der Waals surface area contributed by atoms with Crippen molar-refractivity contribution in [3.8, 4) is 11.5 Å². The molecule has 0 aliphatic carbocycles. The number of halogens is 1. The highest BCUT2D eigenvalue weighted by atomic mass is 19.1. The molecule has 0 saturated carbocycles. The highest BCUT2D eigenvalue weighted by Gasteiger charge is 2.36. The Morgan fingerprint density at radius 3 is 2.68 bits per heavy atom. The van der Waals surface area contributed by atoms with Crippen LogP contribution in [0.4, 0.5) is 20.6 Å². The monoisotopic (exact) mass is 428 g/mol. The van der Waals surface area contributed by atoms with E-state index in [4.69, 9.17) is 9.47 Å². The van der Waals surface area contributed by atoms with Crippen LogP contribution in [-0.2, 0) is 9.59 Å². The number of rotatable bonds is 5. The number of urea groups is 1. The summed E-state index contributed by atoms with van der Waals surface area (Å²) in [5.74, 6) is -1.93. The maximum atomic E-state index is 13.7. The lowest BCUT2D eigenvalue weighted by atomic mass is 10.1. The van der Waals surface area contributed by atoms with Gasteiger partial charge in [0.05, 0.1) is 22.2 Å². The summed E-state index contributed by atoms with van der Waals surface area (Å²) in [6.45, 7) is -0.785. The Labute approximate surface area is 173 Å². The molecule has 158 valence electrons. The van der Waals surface area contributed by atoms with Crippen molar-refractivity contribution >= 4 is 35.3 Å². The number of imide groups is 1. The number of hydrogen-bond acceptors (Lipinski definition) is 7. The predicted molar refractivity (Wildman–Crippen MR) is 102 cm³/mol. The van der Waals surface area contributed by atoms with E-state index in [-0.39, 0.29) is 40.9 Å². The van der Waals surface area contributed by atoms with Crippen molar-refractivity contribution in [3.63, 3.8) is 0 Å². The fraction of sp³-hybridized carbons (Fsp3) is 0.105. The largest absolute Gasteiger partial charge is 0.454 e. The van der Waals surface area contributed by atoms with Gasteiger partial charge in [0.2, 0.25) is 12.7 Å². The van der Waals surface area contributed by atoms with Gasteiger partial charge in [-0.05, 0) is 24.3 Å². The van der Waals surface area contributed by atoms with Gasteiger partial charge in [0.1, 0.15) is 18.1 Å². The molecular weight excluding hydrogens is 415 g/mol. The van der Waals surface area contributed by atoms with Gasteiger partial charge in [-0.15, -0.1) is 0 Å². The van der Waals surface area contributed by atoms with Crippen LogP contribution in [0.5, 0.6) is 11.5 Å². The molecule has 4 amide bonds. The number of nitro groups is 1. The van der Waals surface area contributed by atoms with Crippen molar-refractivity contribution < 1.29 is 33.2 Å². The number of amides is 4. The van der Waals surface area contributed by atoms with Gasteiger partial charge in [-0.1, -0.05) is 12.1 Å². The maximum absolute atomic E-state index is 13.7. The van der Waals surface area contributed by atoms with E-state index in [9.17, 15) is 28.9 Å². The number of carbonyl (C=O) groups is 3. The lowest BCUT2D eigenvalue weighted by Gasteiger charge is -2.12. The average Bonchev–Trinajstić information content (AvgIpc) is 3.28. The summed E-state index contributed by atoms with van der Waals surface area (Å²) in [6, 6.07) is 6.96. The standard InChI is InChI=1S/C19H13FN4O7/c20-11-3-1-2-4-12(11)21-17(25)8-23-18(26)13(22-19(23)27)5-10-6-15-16(31-9-30-15)7-14(10)24(28)29/h1-7H,8-9H2,(H,21,25)(H,22,27)/b13-5-. The second-order valence-electron chi connectivity index (χ2n) is 6.43. The number of benzene rings is 2. The Morgan fingerprint density at radius 1 is 1.26 bits per heavy atom. The van der Waals surface area contributed by atoms with Crippen molar-refractivity contribution in [3.05, 3.63) is 63.6 Å². The summed E-state index contributed by atoms with van der Waals surface area (Å²) in [5.41, 5.74) is -0.748. The smallest absolute Gasteiger partial charge is 0.329 e. The van der Waals surface area contributed by atoms with Crippen molar-refractivity contribution in [2.45, 2.75) is 0 Å². The first-order valence-electron chi connectivity index (χ1n) is 8.80. The Bertz CT molecular complexity index is 1160. The minimum absolute atomic E-state index is 0.00411. The van der Waals surface area contributed by atoms with Gasteiger partial charge >= 0.3 is 6.03 Å². The third-order valence-electron chi connectivity index (χ3n) is 4.43. The summed E-state index contributed by atoms with van der Waals surface area (Å²) in [7, 11) is 0. The van der Waals surface area contributed by atoms with Crippen molar-refractivity contribution in [2.24, 2.45) is 0 Å². The fourth-order valence-electron chi connectivity index (χ4n) is 2.99. The molecule has 31 heavy (non-hydrogen) atoms. The first kappa shape index (κ1) is 19.8. The Balaban J connectivity index is 1.55. The van der Waals surface area contributed by atoms with Gasteiger partial charge < -0.3 is 20.1 Å². The van der Waals surface area contributed by atoms with Crippen molar-refractivity contribution in [1.82, 2.24) is 10.2 Å². The molecule has 0 spiro atoms. The molecule has 2 aromatic carbocycles. The number of hydrogen-bond donors (Lipinski definition) is 2. The topological polar surface area (TPSA) is 140 Å². The predicted octanol–water partition coefficient (Wildman–Crippen LogP) is 1.99. The lowest BCUT2D eigenvalue weighted by molar-refractivity contribution is -0.385. The zero-order chi connectivity index (χ0) is 22.1. The van der Waals surface area contributed by atoms with Gasteiger partial charge in [-0.25, -0.2) is 14.1 Å². The molecule has 0 aromatic heterocycles. The van der Waals surface area contributed by atoms with Gasteiger partial charge in [-0.3, -0.25) is 19.7 Å². The molecule has 12 heteroatoms. The van der Waals surface area contributed by atoms with Crippen molar-refractivity contribution in [2.75, 3.05) is 18.7 Å². The SMILES string of the molecule is O=C(CN1C(=O)N/C(=C\c2cc3c(cc2[N+](=O)[O-])OCO3)C1=O)Nc1ccccc1F. The third kappa shape index (κ3) is 3.85. The van der Waals surface area contributed by atoms with Gasteiger partial charge in [0.15, 0.2) is 11.5 Å². The van der Waals surface area contributed by atoms with Crippen LogP contribution in [-0.4, -0.2) is 41.0 Å². The summed E-state index contributed by atoms with van der Waals surface area (Å²) in [6.07, 6.45) is 1.11. The van der Waals surface area contributed by atoms with Crippen LogP contribution in [0.1, 0.15) is 5.56 Å². The lowest BCUT2D eigenvalue weighted by Crippen LogP contribution is -2.38. The van der Waals surface area contributed by atoms with Crippen LogP contribution in [0.3, 0.4) is 0 Å². The third-order valence-corrected chi connectivity index (χ3v) is 4.43. The summed E-state index contributed by atoms with van der Waals surface area (Å²) < 4.78 is 24.0. The molecule has 1 fully saturated rings. The highest BCUT2D eigenvalue weighted by molar-refractivity contribution is 6.16. The zero-order valence-corrected chi connectivity index (χ0v) is 15.6. The summed E-state index contributed by atoms with van der Waals surface area (Å²) in [5, 5.41) is 15.9. The van der Waals surface area contributed by atoms with E-state index < -0.39 is 35.1 Å². The number of para-hydroxylation sites is 1. The first-order valence-corrected chi connectivity index (χ1v) is 8.80. The number of carbonyl (C=O) groups excluding carboxylic acids is 3. The van der Waals surface area contributed by atoms with E-state index in [1.165, 1.54) is 24.3 Å². The quantitative estimate of drug-likeness (QED) is 0.321. The van der Waals surface area contributed by atoms with E-state index in [0.717, 1.165) is 18.2 Å². The van der Waals surface area contributed by atoms with Crippen LogP contribution in [0, 0.1) is 15.9 Å². The van der Waals surface area contributed by atoms with E-state index >= 15 is 0 Å². The van der Waals surface area contributed by atoms with E-state index in [1.807, 2.05) is 0 Å². The Kier molecular flexibility index (Phi) is 4.95. The molecule has 2 heterocycles. The molecule has 2 aliphatic heterocycles. The number of nitrogens with zero attached hydrogens (tertiary/aromatic N) is 2. The molecule has 0 radical (unpaired) electrons. The van der Waals surface area contributed by atoms with Crippen molar-refractivity contribution in [1.29, 1.82) is 0 Å². The van der Waals surface area contributed by atoms with Gasteiger partial charge in [-0.2, -0.15) is 0 Å². The minimum atomic E-state index is -0.900. The molecule has 0 unspecified atom stereocenters. The van der Waals surface area contributed by atoms with E-state index in [2.05, 4.69) is 10.6 Å². The second kappa shape index (κ2) is 7.74.